The monoisotopic (exact) mass is 329 g/mol. The van der Waals surface area contributed by atoms with Crippen LogP contribution in [-0.2, 0) is 6.42 Å². The lowest BCUT2D eigenvalue weighted by atomic mass is 10.1. The lowest BCUT2D eigenvalue weighted by molar-refractivity contribution is 0.164. The van der Waals surface area contributed by atoms with Crippen molar-refractivity contribution in [2.75, 3.05) is 31.1 Å². The number of anilines is 1. The zero-order chi connectivity index (χ0) is 17.1. The maximum atomic E-state index is 14.1. The summed E-state index contributed by atoms with van der Waals surface area (Å²) in [5, 5.41) is 12.8. The Bertz CT molecular complexity index is 746. The predicted molar refractivity (Wildman–Crippen MR) is 87.0 cm³/mol. The van der Waals surface area contributed by atoms with Crippen LogP contribution in [0.2, 0.25) is 0 Å². The van der Waals surface area contributed by atoms with E-state index >= 15 is 0 Å². The minimum absolute atomic E-state index is 0.0470. The summed E-state index contributed by atoms with van der Waals surface area (Å²) in [7, 11) is 0. The van der Waals surface area contributed by atoms with Crippen LogP contribution in [0.1, 0.15) is 37.2 Å². The number of aromatic nitrogens is 2. The zero-order valence-corrected chi connectivity index (χ0v) is 13.9. The molecule has 1 aliphatic rings. The van der Waals surface area contributed by atoms with Crippen molar-refractivity contribution in [2.45, 2.75) is 26.3 Å². The second-order valence-electron chi connectivity index (χ2n) is 5.88. The lowest BCUT2D eigenvalue weighted by Gasteiger charge is -2.38. The third kappa shape index (κ3) is 3.24. The number of rotatable bonds is 4. The van der Waals surface area contributed by atoms with Gasteiger partial charge >= 0.3 is 0 Å². The van der Waals surface area contributed by atoms with Crippen molar-refractivity contribution in [1.82, 2.24) is 15.0 Å². The van der Waals surface area contributed by atoms with Gasteiger partial charge in [-0.2, -0.15) is 10.2 Å². The highest BCUT2D eigenvalue weighted by atomic mass is 19.1. The molecular weight excluding hydrogens is 309 g/mol. The molecule has 6 nitrogen and oxygen atoms in total. The molecule has 7 heteroatoms. The van der Waals surface area contributed by atoms with Gasteiger partial charge in [-0.1, -0.05) is 12.1 Å². The fraction of sp³-hybridized carbons (Fsp3) is 0.471. The number of aryl methyl sites for hydroxylation is 1. The maximum Gasteiger partial charge on any atom is 0.243 e. The highest BCUT2D eigenvalue weighted by molar-refractivity contribution is 5.51. The van der Waals surface area contributed by atoms with E-state index in [-0.39, 0.29) is 11.9 Å². The van der Waals surface area contributed by atoms with Crippen molar-refractivity contribution < 1.29 is 8.91 Å². The van der Waals surface area contributed by atoms with E-state index in [4.69, 9.17) is 9.78 Å². The molecule has 0 spiro atoms. The van der Waals surface area contributed by atoms with Gasteiger partial charge in [-0.15, -0.1) is 0 Å². The van der Waals surface area contributed by atoms with E-state index in [1.807, 2.05) is 24.8 Å². The van der Waals surface area contributed by atoms with Crippen LogP contribution in [0.15, 0.2) is 22.7 Å². The first-order valence-corrected chi connectivity index (χ1v) is 8.13. The van der Waals surface area contributed by atoms with Gasteiger partial charge in [0.15, 0.2) is 5.82 Å². The molecule has 1 aromatic heterocycles. The third-order valence-corrected chi connectivity index (χ3v) is 4.44. The van der Waals surface area contributed by atoms with E-state index in [0.717, 1.165) is 25.3 Å². The Labute approximate surface area is 140 Å². The Morgan fingerprint density at radius 1 is 1.33 bits per heavy atom. The highest BCUT2D eigenvalue weighted by Crippen LogP contribution is 2.25. The van der Waals surface area contributed by atoms with E-state index in [9.17, 15) is 4.39 Å². The van der Waals surface area contributed by atoms with Gasteiger partial charge in [0.25, 0.3) is 0 Å². The largest absolute Gasteiger partial charge is 0.367 e. The SMILES string of the molecule is CCc1noc([C@@H](C)N2CCN(c3ccc(C#N)cc3F)CC2)n1. The van der Waals surface area contributed by atoms with Crippen LogP contribution in [-0.4, -0.2) is 41.2 Å². The number of nitrogens with zero attached hydrogens (tertiary/aromatic N) is 5. The van der Waals surface area contributed by atoms with Gasteiger partial charge in [-0.05, 0) is 25.1 Å². The first-order chi connectivity index (χ1) is 11.6. The molecule has 24 heavy (non-hydrogen) atoms. The summed E-state index contributed by atoms with van der Waals surface area (Å²) < 4.78 is 19.5. The Kier molecular flexibility index (Phi) is 4.76. The van der Waals surface area contributed by atoms with Crippen molar-refractivity contribution in [3.8, 4) is 6.07 Å². The van der Waals surface area contributed by atoms with Gasteiger partial charge in [0, 0.05) is 32.6 Å². The number of nitriles is 1. The molecule has 2 aromatic rings. The van der Waals surface area contributed by atoms with E-state index in [2.05, 4.69) is 15.0 Å². The third-order valence-electron chi connectivity index (χ3n) is 4.44. The molecule has 1 atom stereocenters. The maximum absolute atomic E-state index is 14.1. The van der Waals surface area contributed by atoms with Crippen molar-refractivity contribution in [1.29, 1.82) is 5.26 Å². The minimum atomic E-state index is -0.347. The normalized spacial score (nSPS) is 16.8. The summed E-state index contributed by atoms with van der Waals surface area (Å²) >= 11 is 0. The van der Waals surface area contributed by atoms with Crippen molar-refractivity contribution in [3.05, 3.63) is 41.3 Å². The van der Waals surface area contributed by atoms with Crippen LogP contribution >= 0.6 is 0 Å². The molecule has 0 saturated carbocycles. The molecule has 0 amide bonds. The molecule has 126 valence electrons. The number of piperazine rings is 1. The molecule has 0 unspecified atom stereocenters. The van der Waals surface area contributed by atoms with Gasteiger partial charge in [0.2, 0.25) is 5.89 Å². The molecule has 1 aliphatic heterocycles. The van der Waals surface area contributed by atoms with Crippen LogP contribution in [0.5, 0.6) is 0 Å². The fourth-order valence-corrected chi connectivity index (χ4v) is 2.92. The van der Waals surface area contributed by atoms with Crippen LogP contribution in [0, 0.1) is 17.1 Å². The van der Waals surface area contributed by atoms with Crippen molar-refractivity contribution in [3.63, 3.8) is 0 Å². The van der Waals surface area contributed by atoms with Gasteiger partial charge in [0.1, 0.15) is 5.82 Å². The molecule has 3 rings (SSSR count). The topological polar surface area (TPSA) is 69.2 Å². The van der Waals surface area contributed by atoms with E-state index in [1.54, 1.807) is 12.1 Å². The first kappa shape index (κ1) is 16.4. The molecule has 1 fully saturated rings. The summed E-state index contributed by atoms with van der Waals surface area (Å²) in [4.78, 5) is 8.65. The average Bonchev–Trinajstić information content (AvgIpc) is 3.10. The van der Waals surface area contributed by atoms with Gasteiger partial charge in [-0.25, -0.2) is 4.39 Å². The van der Waals surface area contributed by atoms with E-state index < -0.39 is 0 Å². The van der Waals surface area contributed by atoms with Gasteiger partial charge in [-0.3, -0.25) is 4.90 Å². The standard InChI is InChI=1S/C17H20FN5O/c1-3-16-20-17(24-21-16)12(2)22-6-8-23(9-7-22)15-5-4-13(11-19)10-14(15)18/h4-5,10,12H,3,6-9H2,1-2H3/t12-/m1/s1. The van der Waals surface area contributed by atoms with Crippen LogP contribution < -0.4 is 4.90 Å². The Morgan fingerprint density at radius 2 is 2.08 bits per heavy atom. The number of halogens is 1. The van der Waals surface area contributed by atoms with Crippen molar-refractivity contribution >= 4 is 5.69 Å². The number of hydrogen-bond acceptors (Lipinski definition) is 6. The first-order valence-electron chi connectivity index (χ1n) is 8.13. The smallest absolute Gasteiger partial charge is 0.243 e. The summed E-state index contributed by atoms with van der Waals surface area (Å²) in [5.41, 5.74) is 0.888. The van der Waals surface area contributed by atoms with Gasteiger partial charge < -0.3 is 9.42 Å². The zero-order valence-electron chi connectivity index (χ0n) is 13.9. The summed E-state index contributed by atoms with van der Waals surface area (Å²) in [6.45, 7) is 7.02. The van der Waals surface area contributed by atoms with Crippen molar-refractivity contribution in [2.24, 2.45) is 0 Å². The molecule has 0 aliphatic carbocycles. The second-order valence-corrected chi connectivity index (χ2v) is 5.88. The molecule has 0 N–H and O–H groups in total. The summed E-state index contributed by atoms with van der Waals surface area (Å²) in [6, 6.07) is 6.62. The minimum Gasteiger partial charge on any atom is -0.367 e. The average molecular weight is 329 g/mol. The summed E-state index contributed by atoms with van der Waals surface area (Å²) in [5.74, 6) is 1.00. The molecule has 0 radical (unpaired) electrons. The lowest BCUT2D eigenvalue weighted by Crippen LogP contribution is -2.47. The molecule has 1 aromatic carbocycles. The van der Waals surface area contributed by atoms with Crippen LogP contribution in [0.25, 0.3) is 0 Å². The van der Waals surface area contributed by atoms with E-state index in [1.165, 1.54) is 6.07 Å². The quantitative estimate of drug-likeness (QED) is 0.858. The molecule has 2 heterocycles. The molecule has 1 saturated heterocycles. The highest BCUT2D eigenvalue weighted by Gasteiger charge is 2.26. The predicted octanol–water partition coefficient (Wildman–Crippen LogP) is 2.53. The molecule has 0 bridgehead atoms. The Morgan fingerprint density at radius 3 is 2.67 bits per heavy atom. The number of hydrogen-bond donors (Lipinski definition) is 0. The Hall–Kier alpha value is -2.46. The van der Waals surface area contributed by atoms with Gasteiger partial charge in [0.05, 0.1) is 23.4 Å². The summed E-state index contributed by atoms with van der Waals surface area (Å²) in [6.07, 6.45) is 0.752. The van der Waals surface area contributed by atoms with Crippen LogP contribution in [0.3, 0.4) is 0 Å². The second kappa shape index (κ2) is 6.97. The van der Waals surface area contributed by atoms with E-state index in [0.29, 0.717) is 30.2 Å². The Balaban J connectivity index is 1.64. The van der Waals surface area contributed by atoms with Crippen LogP contribution in [0.4, 0.5) is 10.1 Å². The number of benzene rings is 1. The molecular formula is C17H20FN5O. The fourth-order valence-electron chi connectivity index (χ4n) is 2.92.